The normalized spacial score (nSPS) is 17.6. The number of anilines is 1. The fourth-order valence-electron chi connectivity index (χ4n) is 5.15. The summed E-state index contributed by atoms with van der Waals surface area (Å²) in [5, 5.41) is 5.60. The molecule has 2 saturated heterocycles. The molecule has 200 valence electrons. The van der Waals surface area contributed by atoms with E-state index in [-0.39, 0.29) is 5.91 Å². The predicted molar refractivity (Wildman–Crippen MR) is 153 cm³/mol. The minimum Gasteiger partial charge on any atom is -0.378 e. The van der Waals surface area contributed by atoms with Gasteiger partial charge in [-0.2, -0.15) is 5.10 Å². The van der Waals surface area contributed by atoms with Gasteiger partial charge in [-0.05, 0) is 18.6 Å². The van der Waals surface area contributed by atoms with Crippen LogP contribution < -0.4 is 10.6 Å². The molecule has 5 heterocycles. The highest BCUT2D eigenvalue weighted by Gasteiger charge is 2.22. The first-order chi connectivity index (χ1) is 18.5. The molecule has 4 aromatic rings. The van der Waals surface area contributed by atoms with E-state index in [1.54, 1.807) is 11.3 Å². The summed E-state index contributed by atoms with van der Waals surface area (Å²) in [6.45, 7) is 8.51. The van der Waals surface area contributed by atoms with Crippen molar-refractivity contribution in [1.29, 1.82) is 0 Å². The molecule has 0 unspecified atom stereocenters. The van der Waals surface area contributed by atoms with Crippen molar-refractivity contribution in [3.05, 3.63) is 35.3 Å². The predicted octanol–water partition coefficient (Wildman–Crippen LogP) is 2.77. The molecule has 0 bridgehead atoms. The number of carbonyl (C=O) groups is 1. The van der Waals surface area contributed by atoms with Crippen molar-refractivity contribution in [1.82, 2.24) is 29.0 Å². The SMILES string of the molecule is NC(=O)CCCn1ncc2c(-c3nc(N4CCOCC4)c4sc(CN5CCN(S)CC5)cc4n3)cccc21. The molecule has 1 amide bonds. The zero-order valence-electron chi connectivity index (χ0n) is 21.3. The minimum atomic E-state index is -0.293. The van der Waals surface area contributed by atoms with Crippen molar-refractivity contribution >= 4 is 57.0 Å². The van der Waals surface area contributed by atoms with Crippen LogP contribution in [0, 0.1) is 0 Å². The number of amides is 1. The molecule has 38 heavy (non-hydrogen) atoms. The van der Waals surface area contributed by atoms with Crippen LogP contribution in [0.25, 0.3) is 32.5 Å². The third-order valence-corrected chi connectivity index (χ3v) is 8.67. The van der Waals surface area contributed by atoms with Crippen LogP contribution in [0.5, 0.6) is 0 Å². The molecular weight excluding hydrogens is 520 g/mol. The van der Waals surface area contributed by atoms with Crippen molar-refractivity contribution in [2.24, 2.45) is 5.73 Å². The topological polar surface area (TPSA) is 106 Å². The van der Waals surface area contributed by atoms with Crippen LogP contribution in [0.1, 0.15) is 17.7 Å². The molecule has 0 atom stereocenters. The standard InChI is InChI=1S/C26H32N8O2S2/c27-23(35)5-2-6-34-22-4-1-3-19(20(22)16-28-34)25-29-21-15-18(17-31-7-9-33(37)10-8-31)38-24(21)26(30-25)32-11-13-36-14-12-32/h1,3-4,15-16,37H,2,5-14,17H2,(H2,27,35). The van der Waals surface area contributed by atoms with E-state index in [0.29, 0.717) is 38.4 Å². The second-order valence-corrected chi connectivity index (χ2v) is 11.5. The quantitative estimate of drug-likeness (QED) is 0.322. The number of piperazine rings is 1. The number of benzene rings is 1. The molecule has 0 radical (unpaired) electrons. The van der Waals surface area contributed by atoms with Gasteiger partial charge in [0.15, 0.2) is 11.6 Å². The molecule has 1 aromatic carbocycles. The zero-order chi connectivity index (χ0) is 26.1. The van der Waals surface area contributed by atoms with E-state index in [9.17, 15) is 4.79 Å². The van der Waals surface area contributed by atoms with Crippen molar-refractivity contribution in [2.45, 2.75) is 25.9 Å². The first kappa shape index (κ1) is 25.5. The van der Waals surface area contributed by atoms with Gasteiger partial charge in [0, 0.05) is 74.6 Å². The number of nitrogens with two attached hydrogens (primary N) is 1. The number of fused-ring (bicyclic) bond motifs is 2. The lowest BCUT2D eigenvalue weighted by atomic mass is 10.1. The molecule has 0 spiro atoms. The number of thiol groups is 1. The van der Waals surface area contributed by atoms with Gasteiger partial charge in [-0.1, -0.05) is 24.9 Å². The largest absolute Gasteiger partial charge is 0.378 e. The molecule has 10 nitrogen and oxygen atoms in total. The van der Waals surface area contributed by atoms with Crippen LogP contribution in [0.4, 0.5) is 5.82 Å². The van der Waals surface area contributed by atoms with Crippen LogP contribution in [-0.2, 0) is 22.6 Å². The molecule has 3 aromatic heterocycles. The maximum absolute atomic E-state index is 11.2. The van der Waals surface area contributed by atoms with Gasteiger partial charge in [0.25, 0.3) is 0 Å². The molecule has 6 rings (SSSR count). The van der Waals surface area contributed by atoms with E-state index in [1.165, 1.54) is 4.88 Å². The van der Waals surface area contributed by atoms with Gasteiger partial charge in [-0.25, -0.2) is 9.97 Å². The summed E-state index contributed by atoms with van der Waals surface area (Å²) in [5.74, 6) is 1.39. The second kappa shape index (κ2) is 11.1. The lowest BCUT2D eigenvalue weighted by Crippen LogP contribution is -2.41. The number of carbonyl (C=O) groups excluding carboxylic acids is 1. The summed E-state index contributed by atoms with van der Waals surface area (Å²) in [6.07, 6.45) is 2.87. The smallest absolute Gasteiger partial charge is 0.217 e. The summed E-state index contributed by atoms with van der Waals surface area (Å²) in [4.78, 5) is 27.5. The Kier molecular flexibility index (Phi) is 7.48. The number of ether oxygens (including phenoxy) is 1. The lowest BCUT2D eigenvalue weighted by molar-refractivity contribution is -0.118. The van der Waals surface area contributed by atoms with Crippen LogP contribution >= 0.6 is 24.2 Å². The summed E-state index contributed by atoms with van der Waals surface area (Å²) in [7, 11) is 0. The van der Waals surface area contributed by atoms with Crippen LogP contribution in [0.2, 0.25) is 0 Å². The van der Waals surface area contributed by atoms with E-state index >= 15 is 0 Å². The summed E-state index contributed by atoms with van der Waals surface area (Å²) >= 11 is 6.29. The molecule has 2 N–H and O–H groups in total. The van der Waals surface area contributed by atoms with Gasteiger partial charge in [0.1, 0.15) is 0 Å². The monoisotopic (exact) mass is 552 g/mol. The lowest BCUT2D eigenvalue weighted by Gasteiger charge is -2.31. The Morgan fingerprint density at radius 2 is 1.92 bits per heavy atom. The van der Waals surface area contributed by atoms with Gasteiger partial charge in [0.05, 0.1) is 35.1 Å². The Labute approximate surface area is 230 Å². The molecular formula is C26H32N8O2S2. The first-order valence-electron chi connectivity index (χ1n) is 13.1. The number of hydrogen-bond donors (Lipinski definition) is 2. The van der Waals surface area contributed by atoms with Crippen LogP contribution in [0.15, 0.2) is 30.5 Å². The van der Waals surface area contributed by atoms with E-state index < -0.39 is 0 Å². The van der Waals surface area contributed by atoms with Gasteiger partial charge < -0.3 is 15.4 Å². The van der Waals surface area contributed by atoms with E-state index in [1.807, 2.05) is 23.0 Å². The number of morpholine rings is 1. The minimum absolute atomic E-state index is 0.293. The number of nitrogens with zero attached hydrogens (tertiary/aromatic N) is 7. The summed E-state index contributed by atoms with van der Waals surface area (Å²) < 4.78 is 10.8. The molecule has 12 heteroatoms. The Balaban J connectivity index is 1.37. The fraction of sp³-hybridized carbons (Fsp3) is 0.462. The number of aromatic nitrogens is 4. The number of thiophene rings is 1. The van der Waals surface area contributed by atoms with Crippen LogP contribution in [-0.4, -0.2) is 87.3 Å². The van der Waals surface area contributed by atoms with E-state index in [0.717, 1.165) is 78.3 Å². The van der Waals surface area contributed by atoms with Crippen LogP contribution in [0.3, 0.4) is 0 Å². The molecule has 2 fully saturated rings. The second-order valence-electron chi connectivity index (χ2n) is 9.80. The zero-order valence-corrected chi connectivity index (χ0v) is 23.0. The first-order valence-corrected chi connectivity index (χ1v) is 14.3. The molecule has 0 saturated carbocycles. The van der Waals surface area contributed by atoms with Gasteiger partial charge in [-0.15, -0.1) is 11.3 Å². The van der Waals surface area contributed by atoms with E-state index in [4.69, 9.17) is 20.4 Å². The average Bonchev–Trinajstić information content (AvgIpc) is 3.53. The van der Waals surface area contributed by atoms with Gasteiger partial charge >= 0.3 is 0 Å². The highest BCUT2D eigenvalue weighted by molar-refractivity contribution is 7.77. The Morgan fingerprint density at radius 1 is 1.11 bits per heavy atom. The number of primary amides is 1. The van der Waals surface area contributed by atoms with Crippen molar-refractivity contribution in [3.63, 3.8) is 0 Å². The highest BCUT2D eigenvalue weighted by atomic mass is 32.1. The Bertz CT molecular complexity index is 1440. The van der Waals surface area contributed by atoms with E-state index in [2.05, 4.69) is 44.2 Å². The van der Waals surface area contributed by atoms with Gasteiger partial charge in [0.2, 0.25) is 5.91 Å². The van der Waals surface area contributed by atoms with Gasteiger partial charge in [-0.3, -0.25) is 18.7 Å². The molecule has 2 aliphatic rings. The number of hydrogen-bond acceptors (Lipinski definition) is 10. The number of aryl methyl sites for hydroxylation is 1. The Morgan fingerprint density at radius 3 is 2.71 bits per heavy atom. The average molecular weight is 553 g/mol. The maximum Gasteiger partial charge on any atom is 0.217 e. The molecule has 2 aliphatic heterocycles. The number of rotatable bonds is 8. The summed E-state index contributed by atoms with van der Waals surface area (Å²) in [5.41, 5.74) is 8.26. The maximum atomic E-state index is 11.2. The molecule has 0 aliphatic carbocycles. The van der Waals surface area contributed by atoms with Crippen molar-refractivity contribution in [2.75, 3.05) is 57.4 Å². The summed E-state index contributed by atoms with van der Waals surface area (Å²) in [6, 6.07) is 8.36. The fourth-order valence-corrected chi connectivity index (χ4v) is 6.48. The van der Waals surface area contributed by atoms with Crippen molar-refractivity contribution in [3.8, 4) is 11.4 Å². The highest BCUT2D eigenvalue weighted by Crippen LogP contribution is 2.36. The third kappa shape index (κ3) is 5.36. The third-order valence-electron chi connectivity index (χ3n) is 7.16. The van der Waals surface area contributed by atoms with Crippen molar-refractivity contribution < 1.29 is 9.53 Å². The Hall–Kier alpha value is -2.77.